The molecule has 4 nitrogen and oxygen atoms in total. The van der Waals surface area contributed by atoms with Gasteiger partial charge in [0, 0.05) is 23.9 Å². The van der Waals surface area contributed by atoms with E-state index in [9.17, 15) is 4.79 Å². The lowest BCUT2D eigenvalue weighted by Crippen LogP contribution is -2.09. The van der Waals surface area contributed by atoms with Gasteiger partial charge >= 0.3 is 0 Å². The third kappa shape index (κ3) is 4.48. The lowest BCUT2D eigenvalue weighted by atomic mass is 10.1. The Bertz CT molecular complexity index is 734. The van der Waals surface area contributed by atoms with Crippen LogP contribution in [0.15, 0.2) is 30.3 Å². The summed E-state index contributed by atoms with van der Waals surface area (Å²) in [6.45, 7) is 6.89. The Balaban J connectivity index is 2.10. The molecule has 0 spiro atoms. The van der Waals surface area contributed by atoms with Gasteiger partial charge in [0.15, 0.2) is 0 Å². The second-order valence-electron chi connectivity index (χ2n) is 5.70. The highest BCUT2D eigenvalue weighted by Crippen LogP contribution is 2.22. The molecule has 0 radical (unpaired) electrons. The summed E-state index contributed by atoms with van der Waals surface area (Å²) in [4.78, 5) is 12.2. The molecule has 0 saturated carbocycles. The van der Waals surface area contributed by atoms with Crippen LogP contribution >= 0.6 is 11.6 Å². The third-order valence-corrected chi connectivity index (χ3v) is 4.29. The van der Waals surface area contributed by atoms with E-state index in [4.69, 9.17) is 11.6 Å². The molecule has 128 valence electrons. The van der Waals surface area contributed by atoms with Crippen LogP contribution in [0.3, 0.4) is 0 Å². The molecule has 0 bridgehead atoms. The number of rotatable bonds is 7. The molecule has 0 aliphatic rings. The zero-order valence-corrected chi connectivity index (χ0v) is 15.2. The van der Waals surface area contributed by atoms with Gasteiger partial charge in [0.1, 0.15) is 5.15 Å². The number of benzene rings is 1. The fourth-order valence-electron chi connectivity index (χ4n) is 2.50. The number of unbranched alkanes of at least 4 members (excludes halogenated alkanes) is 1. The van der Waals surface area contributed by atoms with Gasteiger partial charge in [0.25, 0.3) is 0 Å². The maximum Gasteiger partial charge on any atom is 0.248 e. The number of aryl methyl sites for hydroxylation is 3. The normalized spacial score (nSPS) is 11.2. The first kappa shape index (κ1) is 18.3. The van der Waals surface area contributed by atoms with Crippen LogP contribution in [0.5, 0.6) is 0 Å². The summed E-state index contributed by atoms with van der Waals surface area (Å²) in [5.41, 5.74) is 3.58. The molecule has 24 heavy (non-hydrogen) atoms. The van der Waals surface area contributed by atoms with Crippen molar-refractivity contribution >= 4 is 29.3 Å². The van der Waals surface area contributed by atoms with Gasteiger partial charge in [-0.25, -0.2) is 0 Å². The van der Waals surface area contributed by atoms with Gasteiger partial charge in [-0.3, -0.25) is 9.48 Å². The highest BCUT2D eigenvalue weighted by molar-refractivity contribution is 6.31. The fraction of sp³-hybridized carbons (Fsp3) is 0.368. The zero-order valence-electron chi connectivity index (χ0n) is 14.5. The summed E-state index contributed by atoms with van der Waals surface area (Å²) >= 11 is 6.37. The molecule has 5 heteroatoms. The maximum atomic E-state index is 12.2. The van der Waals surface area contributed by atoms with Crippen LogP contribution in [0, 0.1) is 6.92 Å². The number of carbonyl (C=O) groups excluding carboxylic acids is 1. The van der Waals surface area contributed by atoms with Gasteiger partial charge in [-0.2, -0.15) is 5.10 Å². The van der Waals surface area contributed by atoms with Gasteiger partial charge in [-0.15, -0.1) is 0 Å². The summed E-state index contributed by atoms with van der Waals surface area (Å²) in [5, 5.41) is 7.94. The molecule has 0 aliphatic carbocycles. The first-order valence-electron chi connectivity index (χ1n) is 8.36. The highest BCUT2D eigenvalue weighted by Gasteiger charge is 2.11. The Hall–Kier alpha value is -2.07. The average molecular weight is 346 g/mol. The molecule has 2 rings (SSSR count). The topological polar surface area (TPSA) is 46.9 Å². The van der Waals surface area contributed by atoms with E-state index < -0.39 is 0 Å². The number of aromatic nitrogens is 2. The van der Waals surface area contributed by atoms with Crippen molar-refractivity contribution in [2.45, 2.75) is 46.6 Å². The molecular formula is C19H24ClN3O. The summed E-state index contributed by atoms with van der Waals surface area (Å²) in [6, 6.07) is 7.80. The number of hydrogen-bond acceptors (Lipinski definition) is 2. The summed E-state index contributed by atoms with van der Waals surface area (Å²) in [6.07, 6.45) is 6.22. The number of carbonyl (C=O) groups is 1. The van der Waals surface area contributed by atoms with Crippen molar-refractivity contribution in [3.63, 3.8) is 0 Å². The van der Waals surface area contributed by atoms with Crippen molar-refractivity contribution in [2.24, 2.45) is 0 Å². The Morgan fingerprint density at radius 3 is 2.79 bits per heavy atom. The van der Waals surface area contributed by atoms with Crippen LogP contribution in [0.25, 0.3) is 6.08 Å². The summed E-state index contributed by atoms with van der Waals surface area (Å²) in [5.74, 6) is -0.173. The Morgan fingerprint density at radius 1 is 1.33 bits per heavy atom. The number of para-hydroxylation sites is 1. The van der Waals surface area contributed by atoms with Gasteiger partial charge in [0.2, 0.25) is 5.91 Å². The van der Waals surface area contributed by atoms with Crippen molar-refractivity contribution in [2.75, 3.05) is 5.32 Å². The summed E-state index contributed by atoms with van der Waals surface area (Å²) < 4.78 is 1.80. The van der Waals surface area contributed by atoms with E-state index in [0.29, 0.717) is 5.15 Å². The molecule has 0 atom stereocenters. The van der Waals surface area contributed by atoms with E-state index in [2.05, 4.69) is 24.3 Å². The van der Waals surface area contributed by atoms with Crippen molar-refractivity contribution in [1.82, 2.24) is 9.78 Å². The van der Waals surface area contributed by atoms with Crippen LogP contribution in [0.4, 0.5) is 5.69 Å². The van der Waals surface area contributed by atoms with Crippen molar-refractivity contribution < 1.29 is 4.79 Å². The minimum atomic E-state index is -0.173. The molecule has 0 aliphatic heterocycles. The molecule has 1 aromatic heterocycles. The van der Waals surface area contributed by atoms with E-state index in [1.54, 1.807) is 10.8 Å². The molecule has 0 saturated heterocycles. The van der Waals surface area contributed by atoms with Crippen molar-refractivity contribution in [1.29, 1.82) is 0 Å². The largest absolute Gasteiger partial charge is 0.322 e. The van der Waals surface area contributed by atoms with E-state index in [1.165, 1.54) is 6.08 Å². The molecule has 1 amide bonds. The molecule has 1 heterocycles. The van der Waals surface area contributed by atoms with E-state index in [0.717, 1.165) is 48.3 Å². The lowest BCUT2D eigenvalue weighted by molar-refractivity contribution is -0.111. The average Bonchev–Trinajstić information content (AvgIpc) is 2.85. The number of nitrogens with zero attached hydrogens (tertiary/aromatic N) is 2. The minimum Gasteiger partial charge on any atom is -0.322 e. The number of hydrogen-bond donors (Lipinski definition) is 1. The van der Waals surface area contributed by atoms with E-state index in [-0.39, 0.29) is 5.91 Å². The van der Waals surface area contributed by atoms with Gasteiger partial charge < -0.3 is 5.32 Å². The van der Waals surface area contributed by atoms with Crippen LogP contribution in [0.1, 0.15) is 43.5 Å². The Morgan fingerprint density at radius 2 is 2.08 bits per heavy atom. The Kier molecular flexibility index (Phi) is 6.62. The standard InChI is InChI=1S/C19H24ClN3O/c1-4-6-13-23-19(20)16(14(3)22-23)11-12-18(24)21-17-10-8-7-9-15(17)5-2/h7-12H,4-6,13H2,1-3H3,(H,21,24)/b12-11+. The molecule has 2 aromatic rings. The van der Waals surface area contributed by atoms with Crippen LogP contribution in [0.2, 0.25) is 5.15 Å². The molecule has 1 N–H and O–H groups in total. The maximum absolute atomic E-state index is 12.2. The van der Waals surface area contributed by atoms with Gasteiger partial charge in [-0.1, -0.05) is 50.1 Å². The first-order chi connectivity index (χ1) is 11.6. The van der Waals surface area contributed by atoms with E-state index >= 15 is 0 Å². The number of halogens is 1. The van der Waals surface area contributed by atoms with Crippen molar-refractivity contribution in [3.05, 3.63) is 52.3 Å². The Labute approximate surface area is 148 Å². The van der Waals surface area contributed by atoms with Crippen LogP contribution in [-0.4, -0.2) is 15.7 Å². The smallest absolute Gasteiger partial charge is 0.248 e. The van der Waals surface area contributed by atoms with Gasteiger partial charge in [-0.05, 0) is 37.5 Å². The molecule has 0 fully saturated rings. The first-order valence-corrected chi connectivity index (χ1v) is 8.74. The second kappa shape index (κ2) is 8.69. The molecule has 1 aromatic carbocycles. The molecular weight excluding hydrogens is 322 g/mol. The second-order valence-corrected chi connectivity index (χ2v) is 6.06. The zero-order chi connectivity index (χ0) is 17.5. The quantitative estimate of drug-likeness (QED) is 0.728. The predicted octanol–water partition coefficient (Wildman–Crippen LogP) is 4.86. The predicted molar refractivity (Wildman–Crippen MR) is 100 cm³/mol. The van der Waals surface area contributed by atoms with E-state index in [1.807, 2.05) is 31.2 Å². The number of amides is 1. The fourth-order valence-corrected chi connectivity index (χ4v) is 2.82. The highest BCUT2D eigenvalue weighted by atomic mass is 35.5. The van der Waals surface area contributed by atoms with Gasteiger partial charge in [0.05, 0.1) is 5.69 Å². The molecule has 0 unspecified atom stereocenters. The summed E-state index contributed by atoms with van der Waals surface area (Å²) in [7, 11) is 0. The lowest BCUT2D eigenvalue weighted by Gasteiger charge is -2.07. The van der Waals surface area contributed by atoms with Crippen LogP contribution < -0.4 is 5.32 Å². The SMILES string of the molecule is CCCCn1nc(C)c(/C=C/C(=O)Nc2ccccc2CC)c1Cl. The number of nitrogens with one attached hydrogen (secondary N) is 1. The number of anilines is 1. The minimum absolute atomic E-state index is 0.173. The monoisotopic (exact) mass is 345 g/mol. The third-order valence-electron chi connectivity index (χ3n) is 3.89. The van der Waals surface area contributed by atoms with Crippen LogP contribution in [-0.2, 0) is 17.8 Å². The van der Waals surface area contributed by atoms with Crippen molar-refractivity contribution in [3.8, 4) is 0 Å².